The van der Waals surface area contributed by atoms with Crippen molar-refractivity contribution in [3.63, 3.8) is 0 Å². The highest BCUT2D eigenvalue weighted by atomic mass is 35.5. The molecule has 73 heavy (non-hydrogen) atoms. The van der Waals surface area contributed by atoms with E-state index in [0.717, 1.165) is 13.1 Å². The zero-order valence-electron chi connectivity index (χ0n) is 47.6. The molecule has 12 heteroatoms. The van der Waals surface area contributed by atoms with Gasteiger partial charge in [0.25, 0.3) is 0 Å². The van der Waals surface area contributed by atoms with Gasteiger partial charge in [0.1, 0.15) is 0 Å². The number of aromatic nitrogens is 1. The van der Waals surface area contributed by atoms with E-state index in [1.807, 2.05) is 82.2 Å². The molecule has 3 saturated heterocycles. The fraction of sp³-hybridized carbons (Fsp3) is 0.541. The van der Waals surface area contributed by atoms with Crippen LogP contribution in [0.2, 0.25) is 37.3 Å². The fourth-order valence-electron chi connectivity index (χ4n) is 10.7. The average Bonchev–Trinajstić information content (AvgIpc) is 4.11. The molecule has 5 aliphatic rings. The van der Waals surface area contributed by atoms with E-state index in [2.05, 4.69) is 158 Å². The molecular weight excluding hydrogens is 956 g/mol. The van der Waals surface area contributed by atoms with Crippen LogP contribution in [0.1, 0.15) is 112 Å². The smallest absolute Gasteiger partial charge is 0.235 e. The molecule has 3 fully saturated rings. The van der Waals surface area contributed by atoms with E-state index in [-0.39, 0.29) is 33.3 Å². The van der Waals surface area contributed by atoms with Gasteiger partial charge in [-0.1, -0.05) is 178 Å². The standard InChI is InChI=1S/2C23H34N2OSi.C10H14N2.C5H9ClO/c2*1-23(2,3)22(26)25-16-14-21(19(17-25)20-13-10-15-24(20)4)27(5,6)18-11-8-7-9-12-18;1-12-7-3-5-10(12)9-4-2-6-11-8-9;1-5(2,3)4(6)7/h2*7-9,11-12,14,16-17,20-21H,10,13,15H2,1-6H3;2,4,6,8,10H,3,5,7H2,1H3;1-3H3/t20-,21+;20-,21-;10-;/m000./s1. The summed E-state index contributed by atoms with van der Waals surface area (Å²) in [5.41, 5.74) is 3.90. The van der Waals surface area contributed by atoms with E-state index < -0.39 is 16.1 Å². The van der Waals surface area contributed by atoms with Crippen molar-refractivity contribution in [3.8, 4) is 0 Å². The third kappa shape index (κ3) is 15.4. The maximum absolute atomic E-state index is 12.9. The number of likely N-dealkylation sites (N-methyl/N-ethyl adjacent to an activating group) is 2. The van der Waals surface area contributed by atoms with Crippen molar-refractivity contribution in [2.24, 2.45) is 16.2 Å². The number of allylic oxidation sites excluding steroid dienone is 2. The summed E-state index contributed by atoms with van der Waals surface area (Å²) >= 11 is 5.11. The molecule has 0 N–H and O–H groups in total. The summed E-state index contributed by atoms with van der Waals surface area (Å²) in [6.45, 7) is 30.6. The van der Waals surface area contributed by atoms with Gasteiger partial charge in [0.2, 0.25) is 17.1 Å². The van der Waals surface area contributed by atoms with Crippen molar-refractivity contribution in [3.05, 3.63) is 139 Å². The molecule has 5 aliphatic heterocycles. The minimum atomic E-state index is -1.77. The Labute approximate surface area is 448 Å². The maximum Gasteiger partial charge on any atom is 0.235 e. The zero-order chi connectivity index (χ0) is 54.1. The predicted octanol–water partition coefficient (Wildman–Crippen LogP) is 12.4. The summed E-state index contributed by atoms with van der Waals surface area (Å²) in [6.07, 6.45) is 24.2. The molecule has 0 aliphatic carbocycles. The molecule has 9 nitrogen and oxygen atoms in total. The van der Waals surface area contributed by atoms with E-state index in [9.17, 15) is 14.4 Å². The average molecular weight is 1050 g/mol. The lowest BCUT2D eigenvalue weighted by Crippen LogP contribution is -2.49. The van der Waals surface area contributed by atoms with Crippen LogP contribution >= 0.6 is 11.6 Å². The fourth-order valence-corrected chi connectivity index (χ4v) is 16.9. The Hall–Kier alpha value is -4.24. The van der Waals surface area contributed by atoms with Crippen molar-refractivity contribution in [1.29, 1.82) is 0 Å². The summed E-state index contributed by atoms with van der Waals surface area (Å²) < 4.78 is 0. The van der Waals surface area contributed by atoms with Crippen molar-refractivity contribution in [2.45, 2.75) is 156 Å². The van der Waals surface area contributed by atoms with Gasteiger partial charge < -0.3 is 0 Å². The molecule has 0 radical (unpaired) electrons. The first kappa shape index (κ1) is 59.6. The summed E-state index contributed by atoms with van der Waals surface area (Å²) in [5.74, 6) is 0.323. The van der Waals surface area contributed by atoms with Gasteiger partial charge in [-0.3, -0.25) is 43.9 Å². The van der Waals surface area contributed by atoms with E-state index in [4.69, 9.17) is 11.6 Å². The second-order valence-electron chi connectivity index (χ2n) is 25.2. The van der Waals surface area contributed by atoms with E-state index in [0.29, 0.717) is 29.2 Å². The van der Waals surface area contributed by atoms with Gasteiger partial charge in [-0.15, -0.1) is 0 Å². The Morgan fingerprint density at radius 3 is 1.18 bits per heavy atom. The minimum Gasteiger partial charge on any atom is -0.300 e. The second kappa shape index (κ2) is 25.1. The number of rotatable bonds is 7. The summed E-state index contributed by atoms with van der Waals surface area (Å²) in [4.78, 5) is 51.2. The van der Waals surface area contributed by atoms with Gasteiger partial charge in [-0.05, 0) is 114 Å². The van der Waals surface area contributed by atoms with Crippen molar-refractivity contribution < 1.29 is 14.4 Å². The lowest BCUT2D eigenvalue weighted by atomic mass is 9.93. The Morgan fingerprint density at radius 1 is 0.534 bits per heavy atom. The van der Waals surface area contributed by atoms with Crippen molar-refractivity contribution in [2.75, 3.05) is 40.8 Å². The number of hydrogen-bond acceptors (Lipinski definition) is 7. The van der Waals surface area contributed by atoms with Crippen LogP contribution < -0.4 is 10.4 Å². The Bertz CT molecular complexity index is 2290. The topological polar surface area (TPSA) is 80.3 Å². The van der Waals surface area contributed by atoms with Gasteiger partial charge in [-0.2, -0.15) is 0 Å². The Kier molecular flexibility index (Phi) is 20.5. The van der Waals surface area contributed by atoms with E-state index >= 15 is 0 Å². The van der Waals surface area contributed by atoms with E-state index in [1.165, 1.54) is 72.2 Å². The van der Waals surface area contributed by atoms with Crippen molar-refractivity contribution in [1.82, 2.24) is 29.5 Å². The van der Waals surface area contributed by atoms with Gasteiger partial charge >= 0.3 is 0 Å². The molecule has 8 rings (SSSR count). The number of nitrogens with zero attached hydrogens (tertiary/aromatic N) is 6. The monoisotopic (exact) mass is 1050 g/mol. The predicted molar refractivity (Wildman–Crippen MR) is 312 cm³/mol. The number of halogens is 1. The van der Waals surface area contributed by atoms with Crippen LogP contribution in [0.25, 0.3) is 0 Å². The minimum absolute atomic E-state index is 0.162. The third-order valence-corrected chi connectivity index (χ3v) is 23.9. The molecule has 1 aromatic heterocycles. The first-order valence-electron chi connectivity index (χ1n) is 26.8. The van der Waals surface area contributed by atoms with Crippen LogP contribution in [0.15, 0.2) is 133 Å². The number of hydrogen-bond donors (Lipinski definition) is 0. The van der Waals surface area contributed by atoms with Crippen molar-refractivity contribution >= 4 is 55.2 Å². The van der Waals surface area contributed by atoms with Crippen LogP contribution in [-0.2, 0) is 14.4 Å². The van der Waals surface area contributed by atoms with Gasteiger partial charge in [0.05, 0.1) is 16.1 Å². The van der Waals surface area contributed by atoms with Crippen LogP contribution in [0.5, 0.6) is 0 Å². The van der Waals surface area contributed by atoms with Crippen LogP contribution in [0.4, 0.5) is 0 Å². The molecule has 0 spiro atoms. The van der Waals surface area contributed by atoms with Gasteiger partial charge in [0, 0.05) is 82.6 Å². The number of pyridine rings is 1. The quantitative estimate of drug-likeness (QED) is 0.172. The molecular formula is C61H91ClN6O3Si2. The molecule has 0 bridgehead atoms. The number of benzene rings is 2. The lowest BCUT2D eigenvalue weighted by Gasteiger charge is -2.40. The van der Waals surface area contributed by atoms with Crippen LogP contribution in [-0.4, -0.2) is 116 Å². The molecule has 398 valence electrons. The number of carbonyl (C=O) groups excluding carboxylic acids is 3. The SMILES string of the molecule is CC(C)(C)C(=O)Cl.CN1CCC[C@H]1C1=CN(C(=O)C(C)(C)C)C=C[C@@H]1[Si](C)(C)c1ccccc1.CN1CCC[C@H]1C1=CN(C(=O)C(C)(C)C)C=C[C@H]1[Si](C)(C)c1ccccc1.CN1CCC[C@H]1c1cccnc1. The van der Waals surface area contributed by atoms with Gasteiger partial charge in [-0.25, -0.2) is 0 Å². The zero-order valence-corrected chi connectivity index (χ0v) is 50.3. The first-order valence-corrected chi connectivity index (χ1v) is 33.4. The first-order chi connectivity index (χ1) is 34.1. The molecule has 0 saturated carbocycles. The lowest BCUT2D eigenvalue weighted by molar-refractivity contribution is -0.135. The van der Waals surface area contributed by atoms with Crippen LogP contribution in [0.3, 0.4) is 0 Å². The molecule has 2 amide bonds. The molecule has 2 aromatic carbocycles. The summed E-state index contributed by atoms with van der Waals surface area (Å²) in [5, 5.41) is 2.66. The molecule has 3 aromatic rings. The molecule has 6 heterocycles. The van der Waals surface area contributed by atoms with E-state index in [1.54, 1.807) is 20.8 Å². The van der Waals surface area contributed by atoms with Crippen LogP contribution in [0, 0.1) is 16.2 Å². The number of carbonyl (C=O) groups is 3. The largest absolute Gasteiger partial charge is 0.300 e. The summed E-state index contributed by atoms with van der Waals surface area (Å²) in [7, 11) is 3.09. The Balaban J connectivity index is 0.000000201. The normalized spacial score (nSPS) is 23.1. The third-order valence-electron chi connectivity index (χ3n) is 15.5. The summed E-state index contributed by atoms with van der Waals surface area (Å²) in [6, 6.07) is 27.6. The highest BCUT2D eigenvalue weighted by Gasteiger charge is 2.43. The maximum atomic E-state index is 12.9. The highest BCUT2D eigenvalue weighted by Crippen LogP contribution is 2.43. The Morgan fingerprint density at radius 2 is 0.890 bits per heavy atom. The molecule has 0 unspecified atom stereocenters. The number of likely N-dealkylation sites (tertiary alicyclic amines) is 3. The number of amides is 2. The van der Waals surface area contributed by atoms with Gasteiger partial charge in [0.15, 0.2) is 0 Å². The second-order valence-corrected chi connectivity index (χ2v) is 34.9. The highest BCUT2D eigenvalue weighted by molar-refractivity contribution is 6.92. The molecule has 5 atom stereocenters.